The molecule has 1 atom stereocenters. The minimum atomic E-state index is -2.93. The van der Waals surface area contributed by atoms with Crippen molar-refractivity contribution in [3.05, 3.63) is 65.7 Å². The van der Waals surface area contributed by atoms with Crippen molar-refractivity contribution < 1.29 is 23.0 Å². The van der Waals surface area contributed by atoms with Crippen LogP contribution in [-0.2, 0) is 4.79 Å². The number of carbonyl (C=O) groups excluding carboxylic acids is 1. The first-order chi connectivity index (χ1) is 12.5. The second-order valence-electron chi connectivity index (χ2n) is 5.49. The zero-order chi connectivity index (χ0) is 18.9. The van der Waals surface area contributed by atoms with E-state index in [1.807, 2.05) is 37.3 Å². The SMILES string of the molecule is CCOc1cc(/C=C/C(=O)N[C@@H](C)c2ccccc2)ccc1OC(F)F. The molecule has 2 aromatic carbocycles. The Kier molecular flexibility index (Phi) is 7.14. The Balaban J connectivity index is 2.04. The zero-order valence-electron chi connectivity index (χ0n) is 14.6. The van der Waals surface area contributed by atoms with Crippen molar-refractivity contribution in [3.63, 3.8) is 0 Å². The molecule has 2 aromatic rings. The Hall–Kier alpha value is -2.89. The highest BCUT2D eigenvalue weighted by Gasteiger charge is 2.11. The van der Waals surface area contributed by atoms with Gasteiger partial charge in [-0.1, -0.05) is 36.4 Å². The maximum absolute atomic E-state index is 12.4. The highest BCUT2D eigenvalue weighted by Crippen LogP contribution is 2.30. The van der Waals surface area contributed by atoms with E-state index in [0.29, 0.717) is 12.2 Å². The molecule has 4 nitrogen and oxygen atoms in total. The molecular formula is C20H21F2NO3. The quantitative estimate of drug-likeness (QED) is 0.700. The molecule has 0 aliphatic carbocycles. The van der Waals surface area contributed by atoms with Crippen molar-refractivity contribution in [2.24, 2.45) is 0 Å². The summed E-state index contributed by atoms with van der Waals surface area (Å²) in [6.45, 7) is 1.01. The number of hydrogen-bond acceptors (Lipinski definition) is 3. The summed E-state index contributed by atoms with van der Waals surface area (Å²) < 4.78 is 34.6. The summed E-state index contributed by atoms with van der Waals surface area (Å²) in [5.41, 5.74) is 1.64. The topological polar surface area (TPSA) is 47.6 Å². The van der Waals surface area contributed by atoms with E-state index in [1.54, 1.807) is 25.1 Å². The van der Waals surface area contributed by atoms with Crippen LogP contribution in [0.2, 0.25) is 0 Å². The molecule has 138 valence electrons. The van der Waals surface area contributed by atoms with E-state index in [2.05, 4.69) is 10.1 Å². The third-order valence-corrected chi connectivity index (χ3v) is 3.57. The van der Waals surface area contributed by atoms with E-state index < -0.39 is 6.61 Å². The zero-order valence-corrected chi connectivity index (χ0v) is 14.6. The van der Waals surface area contributed by atoms with Gasteiger partial charge in [0, 0.05) is 6.08 Å². The van der Waals surface area contributed by atoms with Crippen molar-refractivity contribution in [1.82, 2.24) is 5.32 Å². The number of nitrogens with one attached hydrogen (secondary N) is 1. The summed E-state index contributed by atoms with van der Waals surface area (Å²) in [6.07, 6.45) is 2.97. The Morgan fingerprint density at radius 1 is 1.15 bits per heavy atom. The molecule has 2 rings (SSSR count). The average Bonchev–Trinajstić information content (AvgIpc) is 2.62. The van der Waals surface area contributed by atoms with Gasteiger partial charge in [-0.05, 0) is 43.2 Å². The van der Waals surface area contributed by atoms with Crippen molar-refractivity contribution in [2.75, 3.05) is 6.61 Å². The molecule has 0 unspecified atom stereocenters. The monoisotopic (exact) mass is 361 g/mol. The highest BCUT2D eigenvalue weighted by atomic mass is 19.3. The molecule has 0 fully saturated rings. The Morgan fingerprint density at radius 2 is 1.88 bits per heavy atom. The van der Waals surface area contributed by atoms with Crippen LogP contribution >= 0.6 is 0 Å². The average molecular weight is 361 g/mol. The lowest BCUT2D eigenvalue weighted by molar-refractivity contribution is -0.117. The van der Waals surface area contributed by atoms with Gasteiger partial charge in [-0.15, -0.1) is 0 Å². The van der Waals surface area contributed by atoms with Crippen LogP contribution in [0.3, 0.4) is 0 Å². The minimum absolute atomic E-state index is 0.0406. The first kappa shape index (κ1) is 19.4. The van der Waals surface area contributed by atoms with Gasteiger partial charge in [0.2, 0.25) is 5.91 Å². The van der Waals surface area contributed by atoms with Gasteiger partial charge < -0.3 is 14.8 Å². The Bertz CT molecular complexity index is 748. The summed E-state index contributed by atoms with van der Waals surface area (Å²) in [4.78, 5) is 12.1. The molecule has 0 bridgehead atoms. The molecule has 26 heavy (non-hydrogen) atoms. The molecule has 0 heterocycles. The van der Waals surface area contributed by atoms with E-state index in [0.717, 1.165) is 5.56 Å². The number of halogens is 2. The maximum atomic E-state index is 12.4. The van der Waals surface area contributed by atoms with Gasteiger partial charge in [-0.25, -0.2) is 0 Å². The minimum Gasteiger partial charge on any atom is -0.490 e. The molecule has 0 aliphatic rings. The molecule has 0 saturated carbocycles. The summed E-state index contributed by atoms with van der Waals surface area (Å²) in [6, 6.07) is 14.0. The number of ether oxygens (including phenoxy) is 2. The maximum Gasteiger partial charge on any atom is 0.387 e. The highest BCUT2D eigenvalue weighted by molar-refractivity contribution is 5.92. The fraction of sp³-hybridized carbons (Fsp3) is 0.250. The van der Waals surface area contributed by atoms with Gasteiger partial charge in [-0.3, -0.25) is 4.79 Å². The number of alkyl halides is 2. The normalized spacial score (nSPS) is 12.2. The molecule has 0 radical (unpaired) electrons. The predicted octanol–water partition coefficient (Wildman–Crippen LogP) is 4.58. The summed E-state index contributed by atoms with van der Waals surface area (Å²) >= 11 is 0. The van der Waals surface area contributed by atoms with Gasteiger partial charge in [0.05, 0.1) is 12.6 Å². The van der Waals surface area contributed by atoms with Crippen LogP contribution in [0.4, 0.5) is 8.78 Å². The first-order valence-electron chi connectivity index (χ1n) is 8.24. The van der Waals surface area contributed by atoms with E-state index in [4.69, 9.17) is 4.74 Å². The lowest BCUT2D eigenvalue weighted by atomic mass is 10.1. The van der Waals surface area contributed by atoms with Crippen LogP contribution in [0.15, 0.2) is 54.6 Å². The van der Waals surface area contributed by atoms with Crippen molar-refractivity contribution >= 4 is 12.0 Å². The van der Waals surface area contributed by atoms with Crippen molar-refractivity contribution in [1.29, 1.82) is 0 Å². The second-order valence-corrected chi connectivity index (χ2v) is 5.49. The smallest absolute Gasteiger partial charge is 0.387 e. The van der Waals surface area contributed by atoms with Crippen molar-refractivity contribution in [2.45, 2.75) is 26.5 Å². The van der Waals surface area contributed by atoms with Gasteiger partial charge >= 0.3 is 6.61 Å². The van der Waals surface area contributed by atoms with E-state index in [1.165, 1.54) is 12.1 Å². The molecule has 0 spiro atoms. The van der Waals surface area contributed by atoms with Gasteiger partial charge in [0.25, 0.3) is 0 Å². The van der Waals surface area contributed by atoms with Gasteiger partial charge in [0.15, 0.2) is 11.5 Å². The number of amides is 1. The standard InChI is InChI=1S/C20H21F2NO3/c1-3-25-18-13-15(9-11-17(18)26-20(21)22)10-12-19(24)23-14(2)16-7-5-4-6-8-16/h4-14,20H,3H2,1-2H3,(H,23,24)/b12-10+/t14-/m0/s1. The van der Waals surface area contributed by atoms with Crippen LogP contribution in [0.1, 0.15) is 31.0 Å². The van der Waals surface area contributed by atoms with Crippen molar-refractivity contribution in [3.8, 4) is 11.5 Å². The van der Waals surface area contributed by atoms with E-state index in [9.17, 15) is 13.6 Å². The second kappa shape index (κ2) is 9.56. The largest absolute Gasteiger partial charge is 0.490 e. The summed E-state index contributed by atoms with van der Waals surface area (Å²) in [7, 11) is 0. The van der Waals surface area contributed by atoms with Crippen LogP contribution in [0.5, 0.6) is 11.5 Å². The number of carbonyl (C=O) groups is 1. The first-order valence-corrected chi connectivity index (χ1v) is 8.24. The van der Waals surface area contributed by atoms with Crippen LogP contribution < -0.4 is 14.8 Å². The predicted molar refractivity (Wildman–Crippen MR) is 96.3 cm³/mol. The third kappa shape index (κ3) is 5.88. The fourth-order valence-electron chi connectivity index (χ4n) is 2.35. The molecule has 6 heteroatoms. The molecule has 1 amide bonds. The molecular weight excluding hydrogens is 340 g/mol. The molecule has 0 saturated heterocycles. The lowest BCUT2D eigenvalue weighted by Crippen LogP contribution is -2.24. The lowest BCUT2D eigenvalue weighted by Gasteiger charge is -2.13. The van der Waals surface area contributed by atoms with Crippen LogP contribution in [-0.4, -0.2) is 19.1 Å². The fourth-order valence-corrected chi connectivity index (χ4v) is 2.35. The van der Waals surface area contributed by atoms with Crippen LogP contribution in [0.25, 0.3) is 6.08 Å². The Labute approximate surface area is 151 Å². The number of rotatable bonds is 8. The van der Waals surface area contributed by atoms with E-state index in [-0.39, 0.29) is 23.4 Å². The molecule has 0 aromatic heterocycles. The molecule has 1 N–H and O–H groups in total. The summed E-state index contributed by atoms with van der Waals surface area (Å²) in [5, 5.41) is 2.86. The number of hydrogen-bond donors (Lipinski definition) is 1. The number of benzene rings is 2. The molecule has 0 aliphatic heterocycles. The Morgan fingerprint density at radius 3 is 2.54 bits per heavy atom. The van der Waals surface area contributed by atoms with E-state index >= 15 is 0 Å². The third-order valence-electron chi connectivity index (χ3n) is 3.57. The van der Waals surface area contributed by atoms with Crippen LogP contribution in [0, 0.1) is 0 Å². The van der Waals surface area contributed by atoms with Gasteiger partial charge in [-0.2, -0.15) is 8.78 Å². The summed E-state index contributed by atoms with van der Waals surface area (Å²) in [5.74, 6) is -0.0959. The van der Waals surface area contributed by atoms with Gasteiger partial charge in [0.1, 0.15) is 0 Å².